The van der Waals surface area contributed by atoms with Crippen molar-refractivity contribution in [1.82, 2.24) is 0 Å². The van der Waals surface area contributed by atoms with E-state index >= 15 is 0 Å². The summed E-state index contributed by atoms with van der Waals surface area (Å²) < 4.78 is 13.1. The molecule has 0 saturated carbocycles. The Labute approximate surface area is 436 Å². The normalized spacial score (nSPS) is 16.4. The molecular formula is C68H73BN2O2. The van der Waals surface area contributed by atoms with E-state index in [1.54, 1.807) is 0 Å². The Morgan fingerprint density at radius 2 is 0.973 bits per heavy atom. The molecule has 11 rings (SSSR count). The molecule has 3 heterocycles. The minimum atomic E-state index is -0.0858. The van der Waals surface area contributed by atoms with Crippen LogP contribution in [0.15, 0.2) is 152 Å². The van der Waals surface area contributed by atoms with Crippen LogP contribution in [0.4, 0.5) is 34.1 Å². The predicted molar refractivity (Wildman–Crippen MR) is 312 cm³/mol. The highest BCUT2D eigenvalue weighted by atomic mass is 16.5. The summed E-state index contributed by atoms with van der Waals surface area (Å²) in [5, 5.41) is 0. The molecule has 0 amide bonds. The molecule has 0 saturated heterocycles. The summed E-state index contributed by atoms with van der Waals surface area (Å²) in [6.45, 7) is 31.1. The summed E-state index contributed by atoms with van der Waals surface area (Å²) in [4.78, 5) is 5.09. The average Bonchev–Trinajstić information content (AvgIpc) is 3.60. The van der Waals surface area contributed by atoms with Crippen LogP contribution in [0.1, 0.15) is 124 Å². The molecule has 1 aliphatic carbocycles. The Bertz CT molecular complexity index is 3330. The first-order valence-corrected chi connectivity index (χ1v) is 26.8. The molecule has 5 heteroatoms. The molecule has 0 bridgehead atoms. The predicted octanol–water partition coefficient (Wildman–Crippen LogP) is 16.5. The first kappa shape index (κ1) is 48.5. The van der Waals surface area contributed by atoms with Crippen molar-refractivity contribution in [2.45, 2.75) is 119 Å². The minimum absolute atomic E-state index is 0.0198. The highest BCUT2D eigenvalue weighted by molar-refractivity contribution is 7.00. The van der Waals surface area contributed by atoms with E-state index < -0.39 is 0 Å². The molecule has 1 atom stereocenters. The zero-order valence-electron chi connectivity index (χ0n) is 45.6. The van der Waals surface area contributed by atoms with Gasteiger partial charge in [-0.3, -0.25) is 0 Å². The number of aryl methyl sites for hydroxylation is 1. The van der Waals surface area contributed by atoms with E-state index in [4.69, 9.17) is 9.47 Å². The van der Waals surface area contributed by atoms with Crippen LogP contribution < -0.4 is 35.7 Å². The minimum Gasteiger partial charge on any atom is -0.490 e. The average molecular weight is 961 g/mol. The van der Waals surface area contributed by atoms with Gasteiger partial charge in [0.15, 0.2) is 11.5 Å². The molecule has 1 unspecified atom stereocenters. The third kappa shape index (κ3) is 9.02. The third-order valence-corrected chi connectivity index (χ3v) is 16.0. The van der Waals surface area contributed by atoms with Gasteiger partial charge in [0.1, 0.15) is 0 Å². The van der Waals surface area contributed by atoms with Crippen molar-refractivity contribution < 1.29 is 9.47 Å². The lowest BCUT2D eigenvalue weighted by atomic mass is 9.33. The lowest BCUT2D eigenvalue weighted by Gasteiger charge is -2.45. The van der Waals surface area contributed by atoms with Crippen molar-refractivity contribution in [2.75, 3.05) is 23.0 Å². The van der Waals surface area contributed by atoms with Crippen LogP contribution in [0.25, 0.3) is 27.8 Å². The highest BCUT2D eigenvalue weighted by Crippen LogP contribution is 2.49. The number of nitrogens with zero attached hydrogens (tertiary/aromatic N) is 2. The maximum absolute atomic E-state index is 6.56. The number of fused-ring (bicyclic) bond motifs is 5. The fourth-order valence-corrected chi connectivity index (χ4v) is 11.5. The van der Waals surface area contributed by atoms with E-state index in [0.717, 1.165) is 41.4 Å². The van der Waals surface area contributed by atoms with Gasteiger partial charge in [0.05, 0.1) is 13.2 Å². The number of hydrogen-bond donors (Lipinski definition) is 0. The number of ether oxygens (including phenoxy) is 2. The maximum Gasteiger partial charge on any atom is 0.252 e. The second-order valence-corrected chi connectivity index (χ2v) is 25.4. The Hall–Kier alpha value is -6.72. The van der Waals surface area contributed by atoms with Gasteiger partial charge in [-0.25, -0.2) is 0 Å². The molecule has 3 aliphatic heterocycles. The summed E-state index contributed by atoms with van der Waals surface area (Å²) in [6, 6.07) is 51.7. The van der Waals surface area contributed by atoms with Crippen LogP contribution in [-0.2, 0) is 16.2 Å². The van der Waals surface area contributed by atoms with E-state index in [0.29, 0.717) is 19.1 Å². The fraction of sp³-hybridized carbons (Fsp3) is 0.324. The van der Waals surface area contributed by atoms with Gasteiger partial charge in [-0.15, -0.1) is 0 Å². The van der Waals surface area contributed by atoms with Crippen molar-refractivity contribution in [3.8, 4) is 33.8 Å². The van der Waals surface area contributed by atoms with Crippen LogP contribution in [0, 0.1) is 18.3 Å². The number of rotatable bonds is 5. The molecule has 7 aromatic carbocycles. The van der Waals surface area contributed by atoms with E-state index in [-0.39, 0.29) is 28.4 Å². The molecule has 0 spiro atoms. The maximum atomic E-state index is 6.56. The first-order valence-electron chi connectivity index (χ1n) is 26.8. The number of allylic oxidation sites excluding steroid dienone is 4. The van der Waals surface area contributed by atoms with Crippen LogP contribution in [0.3, 0.4) is 0 Å². The van der Waals surface area contributed by atoms with E-state index in [1.165, 1.54) is 89.1 Å². The zero-order valence-corrected chi connectivity index (χ0v) is 45.6. The van der Waals surface area contributed by atoms with Crippen molar-refractivity contribution in [1.29, 1.82) is 0 Å². The number of benzene rings is 7. The van der Waals surface area contributed by atoms with Crippen molar-refractivity contribution in [3.05, 3.63) is 180 Å². The fourth-order valence-electron chi connectivity index (χ4n) is 11.5. The summed E-state index contributed by atoms with van der Waals surface area (Å²) >= 11 is 0. The standard InChI is InChI=1S/C68H73BN2O2/c1-43-35-60-64-61(36-43)71(55-38-48(45-17-24-51(25-18-45)66(5,6)7)37-49(39-55)46-19-26-52(27-20-46)67(8,9)10)58-40-47(44-15-22-50(23-16-44)65(2,3)4)21-32-56(58)69(64)57-41-62-63(73-34-14-33-72-62)42-59(57)70(60)54-30-28-53(29-31-54)68(11,12)13/h15-26,28-32,35-42,52H,14,27,33-34H2,1-13H3. The second-order valence-electron chi connectivity index (χ2n) is 25.4. The molecular weight excluding hydrogens is 888 g/mol. The van der Waals surface area contributed by atoms with Gasteiger partial charge in [0, 0.05) is 46.6 Å². The molecule has 4 nitrogen and oxygen atoms in total. The van der Waals surface area contributed by atoms with Gasteiger partial charge >= 0.3 is 0 Å². The van der Waals surface area contributed by atoms with Crippen molar-refractivity contribution >= 4 is 62.8 Å². The highest BCUT2D eigenvalue weighted by Gasteiger charge is 2.45. The summed E-state index contributed by atoms with van der Waals surface area (Å²) in [6.07, 6.45) is 9.16. The molecule has 0 fully saturated rings. The number of hydrogen-bond acceptors (Lipinski definition) is 4. The van der Waals surface area contributed by atoms with Gasteiger partial charge in [-0.1, -0.05) is 174 Å². The molecule has 73 heavy (non-hydrogen) atoms. The van der Waals surface area contributed by atoms with Crippen molar-refractivity contribution in [3.63, 3.8) is 0 Å². The first-order chi connectivity index (χ1) is 34.6. The summed E-state index contributed by atoms with van der Waals surface area (Å²) in [5.41, 5.74) is 23.5. The van der Waals surface area contributed by atoms with Gasteiger partial charge in [-0.2, -0.15) is 0 Å². The van der Waals surface area contributed by atoms with Gasteiger partial charge in [0.25, 0.3) is 6.71 Å². The van der Waals surface area contributed by atoms with Crippen LogP contribution in [0.2, 0.25) is 0 Å². The third-order valence-electron chi connectivity index (χ3n) is 16.0. The van der Waals surface area contributed by atoms with E-state index in [1.807, 2.05) is 0 Å². The molecule has 370 valence electrons. The quantitative estimate of drug-likeness (QED) is 0.161. The molecule has 4 aliphatic rings. The van der Waals surface area contributed by atoms with Gasteiger partial charge in [0.2, 0.25) is 0 Å². The van der Waals surface area contributed by atoms with Gasteiger partial charge < -0.3 is 19.3 Å². The Morgan fingerprint density at radius 1 is 0.466 bits per heavy atom. The van der Waals surface area contributed by atoms with E-state index in [9.17, 15) is 0 Å². The largest absolute Gasteiger partial charge is 0.490 e. The Morgan fingerprint density at radius 3 is 1.52 bits per heavy atom. The molecule has 0 N–H and O–H groups in total. The number of anilines is 6. The summed E-state index contributed by atoms with van der Waals surface area (Å²) in [7, 11) is 0. The van der Waals surface area contributed by atoms with Crippen LogP contribution >= 0.6 is 0 Å². The smallest absolute Gasteiger partial charge is 0.252 e. The summed E-state index contributed by atoms with van der Waals surface area (Å²) in [5.74, 6) is 2.09. The van der Waals surface area contributed by atoms with Gasteiger partial charge in [-0.05, 0) is 168 Å². The lowest BCUT2D eigenvalue weighted by molar-refractivity contribution is 0.294. The van der Waals surface area contributed by atoms with Crippen LogP contribution in [-0.4, -0.2) is 19.9 Å². The lowest BCUT2D eigenvalue weighted by Crippen LogP contribution is -2.61. The molecule has 0 aromatic heterocycles. The Kier molecular flexibility index (Phi) is 11.8. The second kappa shape index (κ2) is 17.8. The topological polar surface area (TPSA) is 24.9 Å². The molecule has 0 radical (unpaired) electrons. The van der Waals surface area contributed by atoms with Crippen molar-refractivity contribution in [2.24, 2.45) is 11.3 Å². The molecule has 7 aromatic rings. The zero-order chi connectivity index (χ0) is 51.4. The Balaban J connectivity index is 1.19. The van der Waals surface area contributed by atoms with E-state index in [2.05, 4.69) is 251 Å². The SMILES string of the molecule is Cc1cc2c3c(c1)N(c1ccc(C(C)(C)C)cc1)c1cc4c(cc1B3c1ccc(-c3ccc(C(C)(C)C)cc3)cc1N2c1cc(C2=CCC(C(C)(C)C)C=C2)cc(-c2ccc(C(C)(C)C)cc2)c1)OCCCO4. The monoisotopic (exact) mass is 961 g/mol. The van der Waals surface area contributed by atoms with Crippen LogP contribution in [0.5, 0.6) is 11.5 Å².